The summed E-state index contributed by atoms with van der Waals surface area (Å²) < 4.78 is 11.3. The van der Waals surface area contributed by atoms with Crippen LogP contribution in [0, 0.1) is 0 Å². The normalized spacial score (nSPS) is 10.6. The second-order valence-electron chi connectivity index (χ2n) is 6.74. The van der Waals surface area contributed by atoms with E-state index < -0.39 is 0 Å². The molecule has 0 unspecified atom stereocenters. The van der Waals surface area contributed by atoms with Gasteiger partial charge in [0, 0.05) is 12.2 Å². The molecular formula is C24H26N2O3. The van der Waals surface area contributed by atoms with Crippen LogP contribution in [0.3, 0.4) is 0 Å². The van der Waals surface area contributed by atoms with Gasteiger partial charge in [-0.3, -0.25) is 9.69 Å². The van der Waals surface area contributed by atoms with Gasteiger partial charge in [-0.05, 0) is 49.0 Å². The minimum atomic E-state index is -0.0478. The zero-order valence-corrected chi connectivity index (χ0v) is 16.6. The Kier molecular flexibility index (Phi) is 7.66. The van der Waals surface area contributed by atoms with Crippen LogP contribution >= 0.6 is 0 Å². The molecule has 0 atom stereocenters. The van der Waals surface area contributed by atoms with Crippen LogP contribution in [0.15, 0.2) is 84.9 Å². The number of carbonyl (C=O) groups is 1. The molecule has 0 aliphatic rings. The second kappa shape index (κ2) is 10.9. The lowest BCUT2D eigenvalue weighted by molar-refractivity contribution is -0.117. The maximum atomic E-state index is 12.2. The Bertz CT molecular complexity index is 868. The fourth-order valence-electron chi connectivity index (χ4n) is 2.87. The number of amides is 1. The Balaban J connectivity index is 1.37. The summed E-state index contributed by atoms with van der Waals surface area (Å²) in [5.41, 5.74) is 1.93. The Hall–Kier alpha value is -3.31. The lowest BCUT2D eigenvalue weighted by Gasteiger charge is -2.16. The van der Waals surface area contributed by atoms with Gasteiger partial charge in [0.2, 0.25) is 5.91 Å². The van der Waals surface area contributed by atoms with E-state index in [9.17, 15) is 4.79 Å². The molecule has 29 heavy (non-hydrogen) atoms. The minimum Gasteiger partial charge on any atom is -0.490 e. The molecule has 0 fully saturated rings. The molecule has 5 nitrogen and oxygen atoms in total. The third-order valence-electron chi connectivity index (χ3n) is 4.21. The smallest absolute Gasteiger partial charge is 0.238 e. The number of ether oxygens (including phenoxy) is 2. The SMILES string of the molecule is CN(CC(=O)Nc1ccc(OCCOc2ccccc2)cc1)Cc1ccccc1. The van der Waals surface area contributed by atoms with Crippen LogP contribution in [0.4, 0.5) is 5.69 Å². The van der Waals surface area contributed by atoms with Crippen LogP contribution in [-0.2, 0) is 11.3 Å². The van der Waals surface area contributed by atoms with Gasteiger partial charge in [-0.25, -0.2) is 0 Å². The van der Waals surface area contributed by atoms with Crippen molar-refractivity contribution in [1.29, 1.82) is 0 Å². The van der Waals surface area contributed by atoms with E-state index in [0.29, 0.717) is 19.8 Å². The number of nitrogens with zero attached hydrogens (tertiary/aromatic N) is 1. The first-order valence-corrected chi connectivity index (χ1v) is 9.62. The van der Waals surface area contributed by atoms with Crippen molar-refractivity contribution >= 4 is 11.6 Å². The molecule has 0 saturated heterocycles. The summed E-state index contributed by atoms with van der Waals surface area (Å²) in [4.78, 5) is 14.2. The van der Waals surface area contributed by atoms with E-state index in [0.717, 1.165) is 23.7 Å². The lowest BCUT2D eigenvalue weighted by Crippen LogP contribution is -2.29. The van der Waals surface area contributed by atoms with Crippen molar-refractivity contribution < 1.29 is 14.3 Å². The van der Waals surface area contributed by atoms with Crippen molar-refractivity contribution in [3.63, 3.8) is 0 Å². The van der Waals surface area contributed by atoms with Gasteiger partial charge in [-0.15, -0.1) is 0 Å². The van der Waals surface area contributed by atoms with E-state index in [-0.39, 0.29) is 5.91 Å². The number of rotatable bonds is 10. The first kappa shape index (κ1) is 20.4. The Morgan fingerprint density at radius 3 is 1.97 bits per heavy atom. The summed E-state index contributed by atoms with van der Waals surface area (Å²) in [6.45, 7) is 1.97. The van der Waals surface area contributed by atoms with Gasteiger partial charge in [-0.2, -0.15) is 0 Å². The average Bonchev–Trinajstić information content (AvgIpc) is 2.73. The molecule has 3 aromatic carbocycles. The summed E-state index contributed by atoms with van der Waals surface area (Å²) in [6.07, 6.45) is 0. The van der Waals surface area contributed by atoms with Crippen molar-refractivity contribution in [1.82, 2.24) is 4.90 Å². The van der Waals surface area contributed by atoms with Crippen LogP contribution < -0.4 is 14.8 Å². The molecule has 0 heterocycles. The molecule has 0 radical (unpaired) electrons. The predicted octanol–water partition coefficient (Wildman–Crippen LogP) is 4.21. The zero-order chi connectivity index (χ0) is 20.3. The monoisotopic (exact) mass is 390 g/mol. The highest BCUT2D eigenvalue weighted by Gasteiger charge is 2.08. The highest BCUT2D eigenvalue weighted by Crippen LogP contribution is 2.16. The molecule has 5 heteroatoms. The standard InChI is InChI=1S/C24H26N2O3/c1-26(18-20-8-4-2-5-9-20)19-24(27)25-21-12-14-23(15-13-21)29-17-16-28-22-10-6-3-7-11-22/h2-15H,16-19H2,1H3,(H,25,27). The maximum absolute atomic E-state index is 12.2. The number of anilines is 1. The minimum absolute atomic E-state index is 0.0478. The fraction of sp³-hybridized carbons (Fsp3) is 0.208. The molecule has 0 spiro atoms. The van der Waals surface area contributed by atoms with Crippen molar-refractivity contribution in [3.8, 4) is 11.5 Å². The van der Waals surface area contributed by atoms with E-state index in [1.807, 2.05) is 84.7 Å². The maximum Gasteiger partial charge on any atom is 0.238 e. The number of carbonyl (C=O) groups excluding carboxylic acids is 1. The summed E-state index contributed by atoms with van der Waals surface area (Å²) in [6, 6.07) is 27.1. The third kappa shape index (κ3) is 7.31. The zero-order valence-electron chi connectivity index (χ0n) is 16.6. The number of para-hydroxylation sites is 1. The highest BCUT2D eigenvalue weighted by atomic mass is 16.5. The number of benzene rings is 3. The van der Waals surface area contributed by atoms with Gasteiger partial charge in [-0.1, -0.05) is 48.5 Å². The number of likely N-dealkylation sites (N-methyl/N-ethyl adjacent to an activating group) is 1. The number of nitrogens with one attached hydrogen (secondary N) is 1. The van der Waals surface area contributed by atoms with Gasteiger partial charge in [0.05, 0.1) is 6.54 Å². The third-order valence-corrected chi connectivity index (χ3v) is 4.21. The first-order valence-electron chi connectivity index (χ1n) is 9.62. The summed E-state index contributed by atoms with van der Waals surface area (Å²) >= 11 is 0. The fourth-order valence-corrected chi connectivity index (χ4v) is 2.87. The lowest BCUT2D eigenvalue weighted by atomic mass is 10.2. The van der Waals surface area contributed by atoms with Crippen molar-refractivity contribution in [3.05, 3.63) is 90.5 Å². The number of hydrogen-bond acceptors (Lipinski definition) is 4. The summed E-state index contributed by atoms with van der Waals surface area (Å²) in [5.74, 6) is 1.51. The van der Waals surface area contributed by atoms with Gasteiger partial charge in [0.1, 0.15) is 24.7 Å². The van der Waals surface area contributed by atoms with Gasteiger partial charge < -0.3 is 14.8 Å². The predicted molar refractivity (Wildman–Crippen MR) is 115 cm³/mol. The molecular weight excluding hydrogens is 364 g/mol. The largest absolute Gasteiger partial charge is 0.490 e. The van der Waals surface area contributed by atoms with Crippen LogP contribution in [-0.4, -0.2) is 37.6 Å². The van der Waals surface area contributed by atoms with Crippen molar-refractivity contribution in [2.75, 3.05) is 32.1 Å². The van der Waals surface area contributed by atoms with Crippen molar-refractivity contribution in [2.45, 2.75) is 6.54 Å². The van der Waals surface area contributed by atoms with Crippen LogP contribution in [0.2, 0.25) is 0 Å². The molecule has 0 aliphatic carbocycles. The molecule has 0 aliphatic heterocycles. The van der Waals surface area contributed by atoms with Crippen LogP contribution in [0.25, 0.3) is 0 Å². The Labute approximate surface area is 171 Å². The Morgan fingerprint density at radius 1 is 0.793 bits per heavy atom. The van der Waals surface area contributed by atoms with Gasteiger partial charge in [0.15, 0.2) is 0 Å². The molecule has 1 N–H and O–H groups in total. The van der Waals surface area contributed by atoms with Gasteiger partial charge in [0.25, 0.3) is 0 Å². The quantitative estimate of drug-likeness (QED) is 0.527. The molecule has 1 amide bonds. The second-order valence-corrected chi connectivity index (χ2v) is 6.74. The van der Waals surface area contributed by atoms with Crippen molar-refractivity contribution in [2.24, 2.45) is 0 Å². The first-order chi connectivity index (χ1) is 14.2. The van der Waals surface area contributed by atoms with Crippen LogP contribution in [0.1, 0.15) is 5.56 Å². The van der Waals surface area contributed by atoms with Gasteiger partial charge >= 0.3 is 0 Å². The molecule has 3 aromatic rings. The van der Waals surface area contributed by atoms with E-state index in [1.165, 1.54) is 5.56 Å². The van der Waals surface area contributed by atoms with Crippen LogP contribution in [0.5, 0.6) is 11.5 Å². The average molecular weight is 390 g/mol. The van der Waals surface area contributed by atoms with E-state index in [4.69, 9.17) is 9.47 Å². The van der Waals surface area contributed by atoms with E-state index >= 15 is 0 Å². The number of hydrogen-bond donors (Lipinski definition) is 1. The van der Waals surface area contributed by atoms with E-state index in [2.05, 4.69) is 17.4 Å². The molecule has 0 saturated carbocycles. The molecule has 3 rings (SSSR count). The highest BCUT2D eigenvalue weighted by molar-refractivity contribution is 5.92. The molecule has 150 valence electrons. The summed E-state index contributed by atoms with van der Waals surface area (Å²) in [7, 11) is 1.93. The molecule has 0 aromatic heterocycles. The van der Waals surface area contributed by atoms with E-state index in [1.54, 1.807) is 0 Å². The Morgan fingerprint density at radius 2 is 1.34 bits per heavy atom. The topological polar surface area (TPSA) is 50.8 Å². The summed E-state index contributed by atoms with van der Waals surface area (Å²) in [5, 5.41) is 2.91. The molecule has 0 bridgehead atoms.